The van der Waals surface area contributed by atoms with Crippen LogP contribution in [0.25, 0.3) is 22.8 Å². The fraction of sp³-hybridized carbons (Fsp3) is 0.436. The number of ether oxygens (including phenoxy) is 3. The molecule has 0 spiro atoms. The van der Waals surface area contributed by atoms with Gasteiger partial charge in [0.2, 0.25) is 6.23 Å². The molecule has 2 fully saturated rings. The minimum absolute atomic E-state index is 0.0334. The number of alkyl halides is 1. The maximum Gasteiger partial charge on any atom is 0.414 e. The van der Waals surface area contributed by atoms with Crippen LogP contribution in [0.15, 0.2) is 60.7 Å². The van der Waals surface area contributed by atoms with Gasteiger partial charge < -0.3 is 29.1 Å². The zero-order valence-electron chi connectivity index (χ0n) is 33.1. The molecule has 1 unspecified atom stereocenters. The number of halogens is 1. The Morgan fingerprint density at radius 2 is 1.43 bits per heavy atom. The Labute approximate surface area is 351 Å². The summed E-state index contributed by atoms with van der Waals surface area (Å²) in [4.78, 5) is 49.7. The van der Waals surface area contributed by atoms with Gasteiger partial charge in [-0.1, -0.05) is 22.6 Å². The van der Waals surface area contributed by atoms with Crippen molar-refractivity contribution in [3.05, 3.63) is 72.1 Å². The van der Waals surface area contributed by atoms with Gasteiger partial charge in [-0.2, -0.15) is 8.42 Å². The molecule has 0 saturated carbocycles. The van der Waals surface area contributed by atoms with Crippen LogP contribution < -0.4 is 20.0 Å². The molecule has 310 valence electrons. The highest BCUT2D eigenvalue weighted by Gasteiger charge is 2.34. The molecule has 0 aliphatic carbocycles. The number of hydrogen-bond donors (Lipinski definition) is 2. The van der Waals surface area contributed by atoms with Crippen LogP contribution >= 0.6 is 22.6 Å². The Balaban J connectivity index is 1.39. The number of rotatable bonds is 11. The van der Waals surface area contributed by atoms with Crippen LogP contribution in [0.2, 0.25) is 0 Å². The molecular weight excluding hydrogens is 883 g/mol. The van der Waals surface area contributed by atoms with Gasteiger partial charge in [0, 0.05) is 46.5 Å². The second-order valence-corrected chi connectivity index (χ2v) is 17.3. The zero-order chi connectivity index (χ0) is 41.8. The Morgan fingerprint density at radius 1 is 0.897 bits per heavy atom. The number of anilines is 4. The van der Waals surface area contributed by atoms with E-state index in [1.165, 1.54) is 6.07 Å². The highest BCUT2D eigenvalue weighted by Crippen LogP contribution is 2.34. The van der Waals surface area contributed by atoms with E-state index in [0.29, 0.717) is 72.4 Å². The number of nitrogens with one attached hydrogen (secondary N) is 1. The lowest BCUT2D eigenvalue weighted by Gasteiger charge is -2.35. The third kappa shape index (κ3) is 10.9. The summed E-state index contributed by atoms with van der Waals surface area (Å²) >= 11 is 2.25. The molecule has 2 aromatic heterocycles. The molecule has 2 aromatic carbocycles. The van der Waals surface area contributed by atoms with E-state index in [4.69, 9.17) is 38.3 Å². The average molecular weight is 931 g/mol. The Morgan fingerprint density at radius 3 is 1.93 bits per heavy atom. The molecule has 2 N–H and O–H groups in total. The molecule has 4 heterocycles. The summed E-state index contributed by atoms with van der Waals surface area (Å²) in [5.74, 6) is 1.80. The predicted octanol–water partition coefficient (Wildman–Crippen LogP) is 6.49. The van der Waals surface area contributed by atoms with Crippen LogP contribution in [0.3, 0.4) is 0 Å². The minimum atomic E-state index is -4.28. The number of carbonyl (C=O) groups is 2. The summed E-state index contributed by atoms with van der Waals surface area (Å²) in [6, 6.07) is 16.6. The summed E-state index contributed by atoms with van der Waals surface area (Å²) in [6.45, 7) is 12.4. The summed E-state index contributed by atoms with van der Waals surface area (Å²) in [5.41, 5.74) is 1.79. The molecule has 17 nitrogen and oxygen atoms in total. The molecule has 19 heteroatoms. The lowest BCUT2D eigenvalue weighted by molar-refractivity contribution is 0.0635. The van der Waals surface area contributed by atoms with Gasteiger partial charge in [-0.15, -0.1) is 0 Å². The first-order chi connectivity index (χ1) is 27.5. The zero-order valence-corrected chi connectivity index (χ0v) is 36.1. The van der Waals surface area contributed by atoms with Crippen molar-refractivity contribution in [2.45, 2.75) is 63.0 Å². The second kappa shape index (κ2) is 18.1. The number of nitrogens with zero attached hydrogens (tertiary/aromatic N) is 7. The van der Waals surface area contributed by atoms with E-state index in [9.17, 15) is 23.1 Å². The van der Waals surface area contributed by atoms with Crippen molar-refractivity contribution in [1.82, 2.24) is 19.9 Å². The van der Waals surface area contributed by atoms with Gasteiger partial charge in [0.05, 0.1) is 61.8 Å². The predicted molar refractivity (Wildman–Crippen MR) is 227 cm³/mol. The van der Waals surface area contributed by atoms with Crippen LogP contribution in [-0.4, -0.2) is 109 Å². The van der Waals surface area contributed by atoms with Crippen molar-refractivity contribution in [3.8, 4) is 22.8 Å². The van der Waals surface area contributed by atoms with E-state index in [-0.39, 0.29) is 29.3 Å². The molecule has 58 heavy (non-hydrogen) atoms. The molecule has 6 rings (SSSR count). The van der Waals surface area contributed by atoms with Gasteiger partial charge in [0.25, 0.3) is 10.1 Å². The molecular formula is C39H47IN8O9S. The highest BCUT2D eigenvalue weighted by atomic mass is 127. The Hall–Kier alpha value is -4.70. The third-order valence-corrected chi connectivity index (χ3v) is 10.4. The molecule has 2 saturated heterocycles. The van der Waals surface area contributed by atoms with E-state index in [1.807, 2.05) is 17.9 Å². The van der Waals surface area contributed by atoms with Gasteiger partial charge in [-0.05, 0) is 83.1 Å². The Kier molecular flexibility index (Phi) is 13.4. The first-order valence-electron chi connectivity index (χ1n) is 18.6. The fourth-order valence-corrected chi connectivity index (χ4v) is 7.36. The van der Waals surface area contributed by atoms with Crippen molar-refractivity contribution in [2.75, 3.05) is 65.8 Å². The van der Waals surface area contributed by atoms with Gasteiger partial charge in [-0.25, -0.2) is 38.6 Å². The molecule has 0 bridgehead atoms. The number of amides is 2. The van der Waals surface area contributed by atoms with Crippen LogP contribution in [0.4, 0.5) is 32.6 Å². The lowest BCUT2D eigenvalue weighted by atomic mass is 10.1. The number of morpholine rings is 2. The number of benzene rings is 2. The molecule has 4 aromatic rings. The van der Waals surface area contributed by atoms with Crippen molar-refractivity contribution < 1.29 is 41.5 Å². The molecule has 3 atom stereocenters. The van der Waals surface area contributed by atoms with Gasteiger partial charge >= 0.3 is 12.2 Å². The van der Waals surface area contributed by atoms with Gasteiger partial charge in [-0.3, -0.25) is 5.32 Å². The van der Waals surface area contributed by atoms with E-state index >= 15 is 0 Å². The maximum absolute atomic E-state index is 13.2. The highest BCUT2D eigenvalue weighted by molar-refractivity contribution is 14.1. The smallest absolute Gasteiger partial charge is 0.414 e. The molecule has 2 aliphatic heterocycles. The normalized spacial score (nSPS) is 18.1. The van der Waals surface area contributed by atoms with E-state index < -0.39 is 34.1 Å². The largest absolute Gasteiger partial charge is 0.465 e. The standard InChI is InChI=1S/C39H47IN8O9S/c1-24-22-54-17-15-46(24)32-19-29(21-40)41-34(44-32)27-9-13-30(14-10-27)48(38(50)51)36(57-58(6,52)53)31-20-33(47-16-18-55-23-25(47)2)45-35(43-31)26-7-11-28(12-8-26)42-37(49)56-39(3,4)5/h7-14,19-20,24-25,36H,15-18,21-23H2,1-6H3,(H,42,49)(H,50,51)/t24-,25-,36?/m0/s1. The van der Waals surface area contributed by atoms with E-state index in [2.05, 4.69) is 39.7 Å². The van der Waals surface area contributed by atoms with Crippen LogP contribution in [0.1, 0.15) is 52.2 Å². The van der Waals surface area contributed by atoms with Gasteiger partial charge in [0.15, 0.2) is 11.6 Å². The monoisotopic (exact) mass is 930 g/mol. The topological polar surface area (TPSA) is 199 Å². The van der Waals surface area contributed by atoms with Crippen LogP contribution in [0, 0.1) is 0 Å². The first kappa shape index (κ1) is 42.9. The Bertz CT molecular complexity index is 2210. The first-order valence-corrected chi connectivity index (χ1v) is 21.9. The minimum Gasteiger partial charge on any atom is -0.465 e. The number of aromatic nitrogens is 4. The summed E-state index contributed by atoms with van der Waals surface area (Å²) < 4.78 is 48.6. The number of carbonyl (C=O) groups excluding carboxylic acids is 1. The molecule has 0 radical (unpaired) electrons. The third-order valence-electron chi connectivity index (χ3n) is 9.11. The van der Waals surface area contributed by atoms with Crippen molar-refractivity contribution in [1.29, 1.82) is 0 Å². The fourth-order valence-electron chi connectivity index (χ4n) is 6.45. The quantitative estimate of drug-likeness (QED) is 0.0716. The van der Waals surface area contributed by atoms with Crippen molar-refractivity contribution >= 4 is 67.9 Å². The number of carboxylic acid groups (broad SMARTS) is 1. The second-order valence-electron chi connectivity index (χ2n) is 14.9. The average Bonchev–Trinajstić information content (AvgIpc) is 3.17. The van der Waals surface area contributed by atoms with Crippen LogP contribution in [0.5, 0.6) is 0 Å². The van der Waals surface area contributed by atoms with E-state index in [1.54, 1.807) is 69.3 Å². The van der Waals surface area contributed by atoms with Crippen molar-refractivity contribution in [3.63, 3.8) is 0 Å². The summed E-state index contributed by atoms with van der Waals surface area (Å²) in [5, 5.41) is 13.4. The van der Waals surface area contributed by atoms with Gasteiger partial charge in [0.1, 0.15) is 17.2 Å². The summed E-state index contributed by atoms with van der Waals surface area (Å²) in [6.07, 6.45) is -3.04. The SMILES string of the molecule is C[C@H]1COCCN1c1cc(CI)nc(-c2ccc(N(C(=O)O)C(OS(C)(=O)=O)c3cc(N4CCOC[C@@H]4C)nc(-c4ccc(NC(=O)OC(C)(C)C)cc4)n3)cc2)n1. The number of hydrogen-bond acceptors (Lipinski definition) is 14. The maximum atomic E-state index is 13.2. The molecule has 2 aliphatic rings. The summed E-state index contributed by atoms with van der Waals surface area (Å²) in [7, 11) is -4.28. The lowest BCUT2D eigenvalue weighted by Crippen LogP contribution is -2.44. The van der Waals surface area contributed by atoms with E-state index in [0.717, 1.165) is 22.7 Å². The van der Waals surface area contributed by atoms with Crippen LogP contribution in [-0.2, 0) is 32.9 Å². The van der Waals surface area contributed by atoms with Crippen molar-refractivity contribution in [2.24, 2.45) is 0 Å². The molecule has 2 amide bonds.